The predicted molar refractivity (Wildman–Crippen MR) is 102 cm³/mol. The molecule has 0 saturated heterocycles. The summed E-state index contributed by atoms with van der Waals surface area (Å²) in [6.45, 7) is 2.24. The molecule has 2 aromatic rings. The number of hydrogen-bond acceptors (Lipinski definition) is 4. The number of aliphatic imine (C=N–C) groups is 1. The normalized spacial score (nSPS) is 12.8. The Morgan fingerprint density at radius 3 is 2.32 bits per heavy atom. The molecule has 0 aliphatic carbocycles. The van der Waals surface area contributed by atoms with Crippen molar-refractivity contribution in [2.75, 3.05) is 20.3 Å². The number of ether oxygens (including phenoxy) is 3. The lowest BCUT2D eigenvalue weighted by molar-refractivity contribution is -0.0770. The average molecular weight is 393 g/mol. The average Bonchev–Trinajstić information content (AvgIpc) is 2.68. The number of rotatable bonds is 8. The first-order valence-electron chi connectivity index (χ1n) is 8.58. The van der Waals surface area contributed by atoms with Gasteiger partial charge in [-0.1, -0.05) is 30.3 Å². The van der Waals surface area contributed by atoms with Crippen LogP contribution in [0, 0.1) is 0 Å². The third kappa shape index (κ3) is 7.44. The molecule has 0 saturated carbocycles. The zero-order valence-corrected chi connectivity index (χ0v) is 15.7. The summed E-state index contributed by atoms with van der Waals surface area (Å²) in [6.07, 6.45) is -3.15. The largest absolute Gasteiger partial charge is 0.497 e. The Balaban J connectivity index is 1.89. The highest BCUT2D eigenvalue weighted by atomic mass is 19.4. The smallest absolute Gasteiger partial charge is 0.468 e. The van der Waals surface area contributed by atoms with Gasteiger partial charge in [-0.05, 0) is 48.4 Å². The van der Waals surface area contributed by atoms with Crippen molar-refractivity contribution in [3.63, 3.8) is 0 Å². The molecule has 0 unspecified atom stereocenters. The van der Waals surface area contributed by atoms with E-state index in [9.17, 15) is 13.2 Å². The van der Waals surface area contributed by atoms with Gasteiger partial charge in [-0.25, -0.2) is 4.99 Å². The van der Waals surface area contributed by atoms with Crippen LogP contribution in [0.5, 0.6) is 5.75 Å². The number of halogens is 3. The maximum Gasteiger partial charge on any atom is 0.468 e. The van der Waals surface area contributed by atoms with E-state index in [0.717, 1.165) is 11.1 Å². The molecule has 0 atom stereocenters. The van der Waals surface area contributed by atoms with E-state index >= 15 is 0 Å². The fourth-order valence-corrected chi connectivity index (χ4v) is 2.18. The lowest BCUT2D eigenvalue weighted by atomic mass is 10.2. The third-order valence-corrected chi connectivity index (χ3v) is 3.64. The minimum absolute atomic E-state index is 0.125. The minimum atomic E-state index is -4.69. The standard InChI is InChI=1S/C21H22F3NO3/c1-16(14-27-15-17-6-4-3-5-7-17)12-13-28-20(21(22,23)24)25-18-8-10-19(26-2)11-9-18/h3-12H,13-15H2,1-2H3/b16-12-,25-20?. The van der Waals surface area contributed by atoms with Crippen LogP contribution in [0.15, 0.2) is 71.2 Å². The number of alkyl halides is 3. The lowest BCUT2D eigenvalue weighted by Crippen LogP contribution is -2.25. The highest BCUT2D eigenvalue weighted by Crippen LogP contribution is 2.24. The van der Waals surface area contributed by atoms with Gasteiger partial charge < -0.3 is 14.2 Å². The number of hydrogen-bond donors (Lipinski definition) is 0. The summed E-state index contributed by atoms with van der Waals surface area (Å²) in [5.74, 6) is -0.769. The van der Waals surface area contributed by atoms with Crippen LogP contribution in [0.4, 0.5) is 18.9 Å². The summed E-state index contributed by atoms with van der Waals surface area (Å²) < 4.78 is 54.8. The zero-order chi connectivity index (χ0) is 20.4. The Kier molecular flexibility index (Phi) is 8.07. The van der Waals surface area contributed by atoms with E-state index in [1.165, 1.54) is 31.4 Å². The molecule has 7 heteroatoms. The van der Waals surface area contributed by atoms with Crippen molar-refractivity contribution in [2.45, 2.75) is 19.7 Å². The van der Waals surface area contributed by atoms with Gasteiger partial charge in [0.15, 0.2) is 0 Å². The molecule has 0 heterocycles. The van der Waals surface area contributed by atoms with Crippen molar-refractivity contribution in [3.8, 4) is 5.75 Å². The van der Waals surface area contributed by atoms with E-state index in [-0.39, 0.29) is 12.3 Å². The fourth-order valence-electron chi connectivity index (χ4n) is 2.18. The van der Waals surface area contributed by atoms with Crippen LogP contribution in [0.3, 0.4) is 0 Å². The molecule has 2 aromatic carbocycles. The first-order chi connectivity index (χ1) is 13.4. The maximum absolute atomic E-state index is 13.1. The van der Waals surface area contributed by atoms with Gasteiger partial charge in [0.2, 0.25) is 0 Å². The summed E-state index contributed by atoms with van der Waals surface area (Å²) >= 11 is 0. The van der Waals surface area contributed by atoms with Gasteiger partial charge in [0, 0.05) is 0 Å². The van der Waals surface area contributed by atoms with Crippen LogP contribution in [0.25, 0.3) is 0 Å². The Morgan fingerprint density at radius 1 is 1.04 bits per heavy atom. The van der Waals surface area contributed by atoms with E-state index in [1.807, 2.05) is 30.3 Å². The van der Waals surface area contributed by atoms with Crippen molar-refractivity contribution in [1.82, 2.24) is 0 Å². The second-order valence-corrected chi connectivity index (χ2v) is 5.95. The summed E-state index contributed by atoms with van der Waals surface area (Å²) in [7, 11) is 1.47. The molecular formula is C21H22F3NO3. The molecule has 0 radical (unpaired) electrons. The first-order valence-corrected chi connectivity index (χ1v) is 8.58. The van der Waals surface area contributed by atoms with Gasteiger partial charge in [0.25, 0.3) is 5.90 Å². The van der Waals surface area contributed by atoms with Gasteiger partial charge >= 0.3 is 6.18 Å². The monoisotopic (exact) mass is 393 g/mol. The molecule has 0 bridgehead atoms. The number of nitrogens with zero attached hydrogens (tertiary/aromatic N) is 1. The Bertz CT molecular complexity index is 785. The van der Waals surface area contributed by atoms with Crippen LogP contribution in [0.1, 0.15) is 12.5 Å². The second-order valence-electron chi connectivity index (χ2n) is 5.95. The fraction of sp³-hybridized carbons (Fsp3) is 0.286. The van der Waals surface area contributed by atoms with Gasteiger partial charge in [-0.15, -0.1) is 0 Å². The van der Waals surface area contributed by atoms with Crippen LogP contribution >= 0.6 is 0 Å². The Morgan fingerprint density at radius 2 is 1.71 bits per heavy atom. The molecule has 0 spiro atoms. The summed E-state index contributed by atoms with van der Waals surface area (Å²) in [4.78, 5) is 3.56. The SMILES string of the molecule is COc1ccc(N=C(OC/C=C(/C)COCc2ccccc2)C(F)(F)F)cc1. The van der Waals surface area contributed by atoms with E-state index in [1.54, 1.807) is 13.0 Å². The van der Waals surface area contributed by atoms with Crippen molar-refractivity contribution in [1.29, 1.82) is 0 Å². The molecule has 0 amide bonds. The number of methoxy groups -OCH3 is 1. The quantitative estimate of drug-likeness (QED) is 0.339. The maximum atomic E-state index is 13.1. The van der Waals surface area contributed by atoms with E-state index in [4.69, 9.17) is 14.2 Å². The zero-order valence-electron chi connectivity index (χ0n) is 15.7. The molecule has 4 nitrogen and oxygen atoms in total. The highest BCUT2D eigenvalue weighted by molar-refractivity contribution is 5.84. The second kappa shape index (κ2) is 10.5. The van der Waals surface area contributed by atoms with Gasteiger partial charge in [0.05, 0.1) is 26.0 Å². The molecule has 150 valence electrons. The van der Waals surface area contributed by atoms with Gasteiger partial charge in [0.1, 0.15) is 12.4 Å². The molecule has 2 rings (SSSR count). The van der Waals surface area contributed by atoms with Crippen molar-refractivity contribution < 1.29 is 27.4 Å². The molecule has 0 fully saturated rings. The van der Waals surface area contributed by atoms with Crippen LogP contribution in [-0.4, -0.2) is 32.4 Å². The van der Waals surface area contributed by atoms with Gasteiger partial charge in [-0.3, -0.25) is 0 Å². The molecular weight excluding hydrogens is 371 g/mol. The van der Waals surface area contributed by atoms with Crippen molar-refractivity contribution >= 4 is 11.6 Å². The van der Waals surface area contributed by atoms with Crippen LogP contribution in [-0.2, 0) is 16.1 Å². The highest BCUT2D eigenvalue weighted by Gasteiger charge is 2.38. The molecule has 0 N–H and O–H groups in total. The third-order valence-electron chi connectivity index (χ3n) is 3.64. The summed E-state index contributed by atoms with van der Waals surface area (Å²) in [6, 6.07) is 15.5. The molecule has 28 heavy (non-hydrogen) atoms. The number of benzene rings is 2. The molecule has 0 aliphatic rings. The summed E-state index contributed by atoms with van der Waals surface area (Å²) in [5.41, 5.74) is 1.92. The molecule has 0 aliphatic heterocycles. The Hall–Kier alpha value is -2.80. The van der Waals surface area contributed by atoms with E-state index in [2.05, 4.69) is 4.99 Å². The van der Waals surface area contributed by atoms with Crippen LogP contribution < -0.4 is 4.74 Å². The van der Waals surface area contributed by atoms with Gasteiger partial charge in [-0.2, -0.15) is 13.2 Å². The van der Waals surface area contributed by atoms with Crippen molar-refractivity contribution in [3.05, 3.63) is 71.8 Å². The predicted octanol–water partition coefficient (Wildman–Crippen LogP) is 5.47. The van der Waals surface area contributed by atoms with E-state index in [0.29, 0.717) is 19.0 Å². The minimum Gasteiger partial charge on any atom is -0.497 e. The first kappa shape index (κ1) is 21.5. The van der Waals surface area contributed by atoms with Crippen LogP contribution in [0.2, 0.25) is 0 Å². The topological polar surface area (TPSA) is 40.0 Å². The Labute approximate surface area is 162 Å². The van der Waals surface area contributed by atoms with Crippen molar-refractivity contribution in [2.24, 2.45) is 4.99 Å². The van der Waals surface area contributed by atoms with E-state index < -0.39 is 12.1 Å². The lowest BCUT2D eigenvalue weighted by Gasteiger charge is -2.11. The molecule has 0 aromatic heterocycles. The summed E-state index contributed by atoms with van der Waals surface area (Å²) in [5, 5.41) is 0.